The molecule has 12 fully saturated rings. The molecule has 14 rings (SSSR count). The van der Waals surface area contributed by atoms with Crippen LogP contribution in [0, 0.1) is 76.4 Å². The number of ether oxygens (including phenoxy) is 4. The fourth-order valence-electron chi connectivity index (χ4n) is 16.1. The number of carbonyl (C=O) groups excluding carboxylic acids is 3. The van der Waals surface area contributed by atoms with Crippen LogP contribution in [0.5, 0.6) is 17.2 Å². The van der Waals surface area contributed by atoms with Crippen LogP contribution in [-0.2, 0) is 28.7 Å². The molecule has 0 atom stereocenters. The van der Waals surface area contributed by atoms with E-state index < -0.39 is 25.0 Å². The molecule has 2 aromatic rings. The summed E-state index contributed by atoms with van der Waals surface area (Å²) in [5, 5.41) is 0. The van der Waals surface area contributed by atoms with Gasteiger partial charge >= 0.3 is 379 Å². The Bertz CT molecular complexity index is 2040. The molecule has 12 heteroatoms. The van der Waals surface area contributed by atoms with E-state index in [9.17, 15) is 14.4 Å². The van der Waals surface area contributed by atoms with E-state index in [-0.39, 0.29) is 36.5 Å². The van der Waals surface area contributed by atoms with Gasteiger partial charge in [-0.3, -0.25) is 0 Å². The SMILES string of the molecule is CC1(CC(=O)OOc2cc(OCC(=O)OC3(C)C4CC5CC(C4)CC3C5)ccc2[Te](Br)(Br)c2ccc(OCC(=O)OC3(C)C4CC5CC(C4)CC3C5)cc2)C2CC3CC(C2)CC1C3. The molecule has 0 heterocycles. The van der Waals surface area contributed by atoms with E-state index in [1.807, 2.05) is 36.4 Å². The van der Waals surface area contributed by atoms with Crippen LogP contribution >= 0.6 is 25.5 Å². The van der Waals surface area contributed by atoms with E-state index >= 15 is 0 Å². The normalized spacial score (nSPS) is 41.3. The van der Waals surface area contributed by atoms with Crippen molar-refractivity contribution in [3.05, 3.63) is 42.5 Å². The maximum absolute atomic E-state index is 13.7. The number of hydrogen-bond donors (Lipinski definition) is 0. The van der Waals surface area contributed by atoms with Crippen molar-refractivity contribution in [3.8, 4) is 17.2 Å². The van der Waals surface area contributed by atoms with E-state index in [4.69, 9.17) is 28.7 Å². The van der Waals surface area contributed by atoms with Crippen LogP contribution < -0.4 is 21.6 Å². The zero-order valence-corrected chi connectivity index (χ0v) is 42.5. The molecule has 0 unspecified atom stereocenters. The second kappa shape index (κ2) is 16.4. The molecule has 0 radical (unpaired) electrons. The summed E-state index contributed by atoms with van der Waals surface area (Å²) in [7, 11) is 0. The number of esters is 2. The Morgan fingerprint density at radius 1 is 0.540 bits per heavy atom. The van der Waals surface area contributed by atoms with Crippen LogP contribution in [0.25, 0.3) is 0 Å². The van der Waals surface area contributed by atoms with E-state index in [0.717, 1.165) is 68.4 Å². The molecule has 0 N–H and O–H groups in total. The summed E-state index contributed by atoms with van der Waals surface area (Å²) in [5.74, 6) is 7.90. The maximum atomic E-state index is 13.7. The minimum atomic E-state index is -3.58. The fraction of sp³-hybridized carbons (Fsp3) is 0.706. The standard InChI is InChI=1S/C51H64Br2O9Te/c1-49(35-13-29-10-30(15-35)16-36(49)14-29)26-46(54)62-61-44-25-42(58-28-48(56)60-51(3)39-21-33-12-34(23-39)24-40(51)22-33)6-9-45(44)63(52,53)43-7-4-41(5-8-43)57-27-47(55)59-50(2)37-17-31-11-32(19-37)20-38(50)18-31/h4-9,25,29-40H,10-24,26-28H2,1-3H3. The van der Waals surface area contributed by atoms with E-state index in [1.165, 1.54) is 70.6 Å². The first kappa shape index (κ1) is 43.6. The monoisotopic (exact) mass is 1110 g/mol. The van der Waals surface area contributed by atoms with Crippen molar-refractivity contribution in [2.24, 2.45) is 76.4 Å². The van der Waals surface area contributed by atoms with Gasteiger partial charge in [-0.2, -0.15) is 0 Å². The molecular formula is C51H64Br2O9Te. The molecule has 63 heavy (non-hydrogen) atoms. The Balaban J connectivity index is 0.766. The molecular weight excluding hydrogens is 1040 g/mol. The van der Waals surface area contributed by atoms with Crippen LogP contribution in [0.3, 0.4) is 0 Å². The first-order chi connectivity index (χ1) is 30.1. The zero-order chi connectivity index (χ0) is 43.5. The summed E-state index contributed by atoms with van der Waals surface area (Å²) in [6.07, 6.45) is 18.5. The predicted octanol–water partition coefficient (Wildman–Crippen LogP) is 10.00. The molecule has 12 aliphatic carbocycles. The van der Waals surface area contributed by atoms with Crippen LogP contribution in [0.4, 0.5) is 0 Å². The van der Waals surface area contributed by atoms with Gasteiger partial charge in [0.25, 0.3) is 0 Å². The molecule has 0 aromatic heterocycles. The van der Waals surface area contributed by atoms with Gasteiger partial charge in [0.1, 0.15) is 0 Å². The van der Waals surface area contributed by atoms with Gasteiger partial charge in [-0.15, -0.1) is 0 Å². The first-order valence-corrected chi connectivity index (χ1v) is 36.9. The van der Waals surface area contributed by atoms with E-state index in [1.54, 1.807) is 6.07 Å². The molecule has 12 bridgehead atoms. The van der Waals surface area contributed by atoms with Gasteiger partial charge in [0.2, 0.25) is 0 Å². The summed E-state index contributed by atoms with van der Waals surface area (Å²) in [6, 6.07) is 13.2. The van der Waals surface area contributed by atoms with Gasteiger partial charge in [-0.05, 0) is 12.8 Å². The summed E-state index contributed by atoms with van der Waals surface area (Å²) >= 11 is 4.62. The molecule has 0 spiro atoms. The topological polar surface area (TPSA) is 107 Å². The van der Waals surface area contributed by atoms with Crippen LogP contribution in [0.15, 0.2) is 42.5 Å². The van der Waals surface area contributed by atoms with Gasteiger partial charge in [0.15, 0.2) is 0 Å². The summed E-state index contributed by atoms with van der Waals surface area (Å²) in [4.78, 5) is 52.1. The predicted molar refractivity (Wildman–Crippen MR) is 246 cm³/mol. The van der Waals surface area contributed by atoms with Crippen LogP contribution in [0.2, 0.25) is 0 Å². The van der Waals surface area contributed by atoms with Gasteiger partial charge in [0.05, 0.1) is 0 Å². The average molecular weight is 1110 g/mol. The van der Waals surface area contributed by atoms with Crippen molar-refractivity contribution in [2.45, 2.75) is 135 Å². The fourth-order valence-corrected chi connectivity index (χ4v) is 26.3. The third kappa shape index (κ3) is 7.98. The van der Waals surface area contributed by atoms with Gasteiger partial charge in [0, 0.05) is 0 Å². The van der Waals surface area contributed by atoms with E-state index in [2.05, 4.69) is 46.3 Å². The van der Waals surface area contributed by atoms with Crippen molar-refractivity contribution in [1.29, 1.82) is 0 Å². The Labute approximate surface area is 388 Å². The summed E-state index contributed by atoms with van der Waals surface area (Å²) in [5.41, 5.74) is -0.922. The Kier molecular flexibility index (Phi) is 11.3. The molecule has 0 amide bonds. The second-order valence-electron chi connectivity index (χ2n) is 22.6. The molecule has 342 valence electrons. The number of rotatable bonds is 14. The van der Waals surface area contributed by atoms with Crippen molar-refractivity contribution in [1.82, 2.24) is 0 Å². The number of benzene rings is 2. The average Bonchev–Trinajstić information content (AvgIpc) is 3.24. The van der Waals surface area contributed by atoms with Crippen molar-refractivity contribution >= 4 is 64.4 Å². The molecule has 0 saturated heterocycles. The molecule has 12 aliphatic rings. The summed E-state index contributed by atoms with van der Waals surface area (Å²) in [6.45, 7) is 6.23. The third-order valence-corrected chi connectivity index (χ3v) is 33.7. The Hall–Kier alpha value is -2.00. The quantitative estimate of drug-likeness (QED) is 0.0792. The van der Waals surface area contributed by atoms with Gasteiger partial charge in [-0.25, -0.2) is 0 Å². The number of halogens is 2. The van der Waals surface area contributed by atoms with Crippen molar-refractivity contribution in [2.75, 3.05) is 13.2 Å². The molecule has 0 aliphatic heterocycles. The van der Waals surface area contributed by atoms with Crippen LogP contribution in [-0.4, -0.2) is 56.1 Å². The third-order valence-electron chi connectivity index (χ3n) is 19.0. The zero-order valence-electron chi connectivity index (χ0n) is 37.0. The molecule has 12 saturated carbocycles. The Morgan fingerprint density at radius 3 is 1.38 bits per heavy atom. The van der Waals surface area contributed by atoms with Crippen LogP contribution in [0.1, 0.15) is 124 Å². The number of hydrogen-bond acceptors (Lipinski definition) is 9. The second-order valence-corrected chi connectivity index (χ2v) is 46.7. The first-order valence-electron chi connectivity index (χ1n) is 24.2. The van der Waals surface area contributed by atoms with E-state index in [0.29, 0.717) is 59.2 Å². The van der Waals surface area contributed by atoms with Gasteiger partial charge < -0.3 is 0 Å². The van der Waals surface area contributed by atoms with Crippen molar-refractivity contribution < 1.29 is 43.1 Å². The molecule has 2 aromatic carbocycles. The number of carbonyl (C=O) groups is 3. The van der Waals surface area contributed by atoms with Crippen molar-refractivity contribution in [3.63, 3.8) is 0 Å². The summed E-state index contributed by atoms with van der Waals surface area (Å²) < 4.78 is 26.5. The minimum absolute atomic E-state index is 0.0871. The Morgan fingerprint density at radius 2 is 0.937 bits per heavy atom. The molecule has 9 nitrogen and oxygen atoms in total. The van der Waals surface area contributed by atoms with Gasteiger partial charge in [-0.1, -0.05) is 0 Å².